The topological polar surface area (TPSA) is 0 Å². The van der Waals surface area contributed by atoms with Crippen molar-refractivity contribution in [3.8, 4) is 0 Å². The fourth-order valence-corrected chi connectivity index (χ4v) is 4.34. The molecule has 0 aliphatic heterocycles. The number of benzene rings is 1. The van der Waals surface area contributed by atoms with Crippen LogP contribution in [0.25, 0.3) is 0 Å². The molecule has 0 atom stereocenters. The van der Waals surface area contributed by atoms with Gasteiger partial charge in [0.05, 0.1) is 0 Å². The van der Waals surface area contributed by atoms with E-state index in [9.17, 15) is 8.78 Å². The molecule has 0 radical (unpaired) electrons. The van der Waals surface area contributed by atoms with Crippen molar-refractivity contribution in [2.45, 2.75) is 58.3 Å². The third-order valence-electron chi connectivity index (χ3n) is 5.46. The molecule has 2 heteroatoms. The van der Waals surface area contributed by atoms with Crippen LogP contribution in [0, 0.1) is 29.4 Å². The zero-order chi connectivity index (χ0) is 14.1. The molecule has 2 aliphatic carbocycles. The Morgan fingerprint density at radius 1 is 0.950 bits per heavy atom. The fraction of sp³-hybridized carbons (Fsp3) is 0.667. The summed E-state index contributed by atoms with van der Waals surface area (Å²) >= 11 is 0. The fourth-order valence-electron chi connectivity index (χ4n) is 4.34. The van der Waals surface area contributed by atoms with E-state index in [1.165, 1.54) is 50.7 Å². The molecule has 0 bridgehead atoms. The molecule has 0 nitrogen and oxygen atoms in total. The summed E-state index contributed by atoms with van der Waals surface area (Å²) in [4.78, 5) is 0. The third kappa shape index (κ3) is 2.75. The van der Waals surface area contributed by atoms with Crippen LogP contribution in [0.1, 0.15) is 58.0 Å². The monoisotopic (exact) mass is 280 g/mol. The maximum absolute atomic E-state index is 13.3. The van der Waals surface area contributed by atoms with E-state index < -0.39 is 11.6 Å². The van der Waals surface area contributed by atoms with E-state index in [4.69, 9.17) is 0 Å². The minimum atomic E-state index is -0.684. The Kier molecular flexibility index (Phi) is 4.09. The van der Waals surface area contributed by atoms with Gasteiger partial charge in [0, 0.05) is 1.43 Å². The molecule has 0 spiro atoms. The first kappa shape index (κ1) is 14.0. The van der Waals surface area contributed by atoms with Crippen LogP contribution in [0.3, 0.4) is 0 Å². The molecule has 0 heterocycles. The minimum Gasteiger partial charge on any atom is -0.204 e. The van der Waals surface area contributed by atoms with E-state index in [0.717, 1.165) is 35.8 Å². The lowest BCUT2D eigenvalue weighted by Crippen LogP contribution is -2.22. The van der Waals surface area contributed by atoms with Crippen LogP contribution in [0.4, 0.5) is 8.78 Å². The van der Waals surface area contributed by atoms with Crippen molar-refractivity contribution in [2.24, 2.45) is 17.8 Å². The van der Waals surface area contributed by atoms with Crippen molar-refractivity contribution >= 4 is 0 Å². The zero-order valence-electron chi connectivity index (χ0n) is 12.3. The second-order valence-corrected chi connectivity index (χ2v) is 6.77. The third-order valence-corrected chi connectivity index (χ3v) is 5.46. The van der Waals surface area contributed by atoms with Gasteiger partial charge in [0.25, 0.3) is 0 Å². The summed E-state index contributed by atoms with van der Waals surface area (Å²) < 4.78 is 26.6. The molecule has 1 saturated carbocycles. The van der Waals surface area contributed by atoms with Gasteiger partial charge in [0.15, 0.2) is 11.6 Å². The van der Waals surface area contributed by atoms with E-state index in [0.29, 0.717) is 5.92 Å². The van der Waals surface area contributed by atoms with Crippen molar-refractivity contribution in [1.82, 2.24) is 0 Å². The van der Waals surface area contributed by atoms with Crippen LogP contribution >= 0.6 is 0 Å². The highest BCUT2D eigenvalue weighted by molar-refractivity contribution is 5.33. The van der Waals surface area contributed by atoms with E-state index in [-0.39, 0.29) is 1.43 Å². The highest BCUT2D eigenvalue weighted by atomic mass is 19.2. The SMILES string of the molecule is CCCC1CCC(C2Cc3cc(F)c(F)cc3C2)CC1.[HH]. The smallest absolute Gasteiger partial charge is 0.159 e. The molecule has 1 fully saturated rings. The highest BCUT2D eigenvalue weighted by Gasteiger charge is 2.32. The Hall–Kier alpha value is -0.920. The normalized spacial score (nSPS) is 26.8. The molecule has 0 amide bonds. The molecular formula is C18H26F2. The molecule has 2 aliphatic rings. The summed E-state index contributed by atoms with van der Waals surface area (Å²) in [6, 6.07) is 2.85. The quantitative estimate of drug-likeness (QED) is 0.682. The van der Waals surface area contributed by atoms with Gasteiger partial charge in [-0.1, -0.05) is 32.6 Å². The Bertz CT molecular complexity index is 447. The highest BCUT2D eigenvalue weighted by Crippen LogP contribution is 2.41. The Balaban J connectivity index is 0.00000161. The van der Waals surface area contributed by atoms with Gasteiger partial charge in [-0.2, -0.15) is 0 Å². The van der Waals surface area contributed by atoms with Crippen molar-refractivity contribution in [2.75, 3.05) is 0 Å². The minimum absolute atomic E-state index is 0. The molecule has 0 saturated heterocycles. The van der Waals surface area contributed by atoms with Gasteiger partial charge in [-0.05, 0) is 66.7 Å². The Labute approximate surface area is 122 Å². The van der Waals surface area contributed by atoms with Gasteiger partial charge in [-0.15, -0.1) is 0 Å². The van der Waals surface area contributed by atoms with Gasteiger partial charge in [-0.3, -0.25) is 0 Å². The standard InChI is InChI=1S/C18H24F2.H2/c1-2-3-12-4-6-13(7-5-12)14-8-15-10-17(19)18(20)11-16(15)9-14;/h10-14H,2-9H2,1H3;1H. The number of hydrogen-bond donors (Lipinski definition) is 0. The van der Waals surface area contributed by atoms with Crippen LogP contribution in [-0.2, 0) is 12.8 Å². The number of halogens is 2. The summed E-state index contributed by atoms with van der Waals surface area (Å²) in [5, 5.41) is 0. The molecule has 1 aromatic carbocycles. The van der Waals surface area contributed by atoms with Crippen molar-refractivity contribution in [3.05, 3.63) is 34.9 Å². The molecule has 0 unspecified atom stereocenters. The van der Waals surface area contributed by atoms with Gasteiger partial charge >= 0.3 is 0 Å². The number of fused-ring (bicyclic) bond motifs is 1. The first-order valence-electron chi connectivity index (χ1n) is 8.14. The maximum atomic E-state index is 13.3. The Morgan fingerprint density at radius 2 is 1.50 bits per heavy atom. The lowest BCUT2D eigenvalue weighted by Gasteiger charge is -2.32. The molecule has 1 aromatic rings. The average Bonchev–Trinajstić information content (AvgIpc) is 2.83. The summed E-state index contributed by atoms with van der Waals surface area (Å²) in [6.07, 6.45) is 9.91. The zero-order valence-corrected chi connectivity index (χ0v) is 12.3. The Morgan fingerprint density at radius 3 is 2.00 bits per heavy atom. The van der Waals surface area contributed by atoms with E-state index in [1.54, 1.807) is 0 Å². The van der Waals surface area contributed by atoms with Gasteiger partial charge in [-0.25, -0.2) is 8.78 Å². The van der Waals surface area contributed by atoms with Gasteiger partial charge in [0.2, 0.25) is 0 Å². The summed E-state index contributed by atoms with van der Waals surface area (Å²) in [6.45, 7) is 2.27. The predicted molar refractivity (Wildman–Crippen MR) is 79.7 cm³/mol. The second kappa shape index (κ2) is 5.83. The molecule has 0 N–H and O–H groups in total. The van der Waals surface area contributed by atoms with Gasteiger partial charge in [0.1, 0.15) is 0 Å². The van der Waals surface area contributed by atoms with Crippen molar-refractivity contribution in [3.63, 3.8) is 0 Å². The summed E-state index contributed by atoms with van der Waals surface area (Å²) in [7, 11) is 0. The van der Waals surface area contributed by atoms with Crippen molar-refractivity contribution < 1.29 is 10.2 Å². The molecule has 112 valence electrons. The molecule has 3 rings (SSSR count). The van der Waals surface area contributed by atoms with Crippen LogP contribution in [0.5, 0.6) is 0 Å². The van der Waals surface area contributed by atoms with Crippen LogP contribution in [-0.4, -0.2) is 0 Å². The van der Waals surface area contributed by atoms with Crippen LogP contribution in [0.15, 0.2) is 12.1 Å². The molecular weight excluding hydrogens is 254 g/mol. The lowest BCUT2D eigenvalue weighted by atomic mass is 9.74. The van der Waals surface area contributed by atoms with Crippen LogP contribution in [0.2, 0.25) is 0 Å². The second-order valence-electron chi connectivity index (χ2n) is 6.77. The maximum Gasteiger partial charge on any atom is 0.159 e. The molecule has 20 heavy (non-hydrogen) atoms. The number of hydrogen-bond acceptors (Lipinski definition) is 0. The first-order valence-corrected chi connectivity index (χ1v) is 8.14. The average molecular weight is 280 g/mol. The largest absolute Gasteiger partial charge is 0.204 e. The number of rotatable bonds is 3. The van der Waals surface area contributed by atoms with Crippen molar-refractivity contribution in [1.29, 1.82) is 0 Å². The van der Waals surface area contributed by atoms with E-state index >= 15 is 0 Å². The summed E-state index contributed by atoms with van der Waals surface area (Å²) in [5.74, 6) is 0.942. The predicted octanol–water partition coefficient (Wildman–Crippen LogP) is 5.53. The van der Waals surface area contributed by atoms with E-state index in [2.05, 4.69) is 6.92 Å². The summed E-state index contributed by atoms with van der Waals surface area (Å²) in [5.41, 5.74) is 2.09. The molecule has 0 aromatic heterocycles. The van der Waals surface area contributed by atoms with Gasteiger partial charge < -0.3 is 0 Å². The van der Waals surface area contributed by atoms with E-state index in [1.807, 2.05) is 0 Å². The first-order chi connectivity index (χ1) is 9.67. The lowest BCUT2D eigenvalue weighted by molar-refractivity contribution is 0.201. The van der Waals surface area contributed by atoms with Crippen LogP contribution < -0.4 is 0 Å².